The number of methoxy groups -OCH3 is 1. The Morgan fingerprint density at radius 1 is 1.54 bits per heavy atom. The lowest BCUT2D eigenvalue weighted by Gasteiger charge is -2.06. The summed E-state index contributed by atoms with van der Waals surface area (Å²) in [5, 5.41) is -0.00569. The molecule has 0 aliphatic rings. The van der Waals surface area contributed by atoms with E-state index < -0.39 is 0 Å². The molecule has 0 spiro atoms. The summed E-state index contributed by atoms with van der Waals surface area (Å²) in [7, 11) is 1.42. The van der Waals surface area contributed by atoms with Gasteiger partial charge >= 0.3 is 0 Å². The summed E-state index contributed by atoms with van der Waals surface area (Å²) in [6.07, 6.45) is 0. The molecule has 0 saturated heterocycles. The van der Waals surface area contributed by atoms with E-state index in [9.17, 15) is 0 Å². The Morgan fingerprint density at radius 3 is 2.62 bits per heavy atom. The quantitative estimate of drug-likeness (QED) is 0.551. The van der Waals surface area contributed by atoms with E-state index in [4.69, 9.17) is 40.0 Å². The van der Waals surface area contributed by atoms with Crippen LogP contribution in [0.1, 0.15) is 5.69 Å². The van der Waals surface area contributed by atoms with E-state index in [1.54, 1.807) is 0 Å². The van der Waals surface area contributed by atoms with Crippen LogP contribution in [-0.2, 0) is 0 Å². The van der Waals surface area contributed by atoms with Crippen LogP contribution in [0.2, 0.25) is 5.28 Å². The Labute approximate surface area is 85.1 Å². The molecule has 0 radical (unpaired) electrons. The van der Waals surface area contributed by atoms with Crippen LogP contribution in [0.25, 0.3) is 0 Å². The predicted octanol–water partition coefficient (Wildman–Crippen LogP) is 0.355. The van der Waals surface area contributed by atoms with Crippen LogP contribution in [0.15, 0.2) is 0 Å². The standard InChI is InChI=1S/C6H7ClN4OS/c1-12-5-2(8)3(4(9)13)10-6(7)11-5/h8H2,1H3,(H2,9,13). The van der Waals surface area contributed by atoms with Gasteiger partial charge in [0.15, 0.2) is 0 Å². The fourth-order valence-corrected chi connectivity index (χ4v) is 1.08. The van der Waals surface area contributed by atoms with Crippen LogP contribution >= 0.6 is 23.8 Å². The van der Waals surface area contributed by atoms with E-state index in [1.165, 1.54) is 7.11 Å². The highest BCUT2D eigenvalue weighted by Crippen LogP contribution is 2.22. The number of thiocarbonyl (C=S) groups is 1. The Morgan fingerprint density at radius 2 is 2.15 bits per heavy atom. The van der Waals surface area contributed by atoms with Crippen LogP contribution in [-0.4, -0.2) is 22.1 Å². The molecule has 4 N–H and O–H groups in total. The van der Waals surface area contributed by atoms with Gasteiger partial charge in [-0.15, -0.1) is 0 Å². The molecular weight excluding hydrogens is 212 g/mol. The molecule has 1 aromatic heterocycles. The van der Waals surface area contributed by atoms with Crippen LogP contribution in [0.3, 0.4) is 0 Å². The third-order valence-electron chi connectivity index (χ3n) is 1.31. The van der Waals surface area contributed by atoms with Gasteiger partial charge in [-0.05, 0) is 11.6 Å². The van der Waals surface area contributed by atoms with Crippen molar-refractivity contribution in [1.29, 1.82) is 0 Å². The van der Waals surface area contributed by atoms with Crippen molar-refractivity contribution in [2.45, 2.75) is 0 Å². The number of halogens is 1. The van der Waals surface area contributed by atoms with Gasteiger partial charge in [0.25, 0.3) is 0 Å². The molecule has 1 heterocycles. The van der Waals surface area contributed by atoms with Crippen molar-refractivity contribution in [2.24, 2.45) is 5.73 Å². The summed E-state index contributed by atoms with van der Waals surface area (Å²) in [5.41, 5.74) is 11.4. The topological polar surface area (TPSA) is 87.0 Å². The second-order valence-electron chi connectivity index (χ2n) is 2.13. The van der Waals surface area contributed by atoms with E-state index >= 15 is 0 Å². The van der Waals surface area contributed by atoms with Gasteiger partial charge in [-0.3, -0.25) is 0 Å². The molecule has 0 aliphatic carbocycles. The van der Waals surface area contributed by atoms with E-state index in [2.05, 4.69) is 9.97 Å². The summed E-state index contributed by atoms with van der Waals surface area (Å²) < 4.78 is 4.84. The highest BCUT2D eigenvalue weighted by atomic mass is 35.5. The Hall–Kier alpha value is -1.14. The molecule has 0 aromatic carbocycles. The first-order valence-corrected chi connectivity index (χ1v) is 4.01. The van der Waals surface area contributed by atoms with Crippen molar-refractivity contribution in [2.75, 3.05) is 12.8 Å². The van der Waals surface area contributed by atoms with Crippen LogP contribution < -0.4 is 16.2 Å². The van der Waals surface area contributed by atoms with Crippen molar-refractivity contribution in [3.8, 4) is 5.88 Å². The Bertz CT molecular complexity index is 357. The number of nitrogen functional groups attached to an aromatic ring is 1. The summed E-state index contributed by atoms with van der Waals surface area (Å²) in [6.45, 7) is 0. The summed E-state index contributed by atoms with van der Waals surface area (Å²) >= 11 is 10.3. The lowest BCUT2D eigenvalue weighted by Crippen LogP contribution is -2.16. The van der Waals surface area contributed by atoms with Gasteiger partial charge in [0, 0.05) is 0 Å². The largest absolute Gasteiger partial charge is 0.479 e. The molecule has 0 atom stereocenters. The number of hydrogen-bond donors (Lipinski definition) is 2. The Balaban J connectivity index is 3.35. The summed E-state index contributed by atoms with van der Waals surface area (Å²) in [4.78, 5) is 7.55. The number of anilines is 1. The average molecular weight is 219 g/mol. The van der Waals surface area contributed by atoms with Crippen molar-refractivity contribution >= 4 is 34.5 Å². The van der Waals surface area contributed by atoms with Gasteiger partial charge in [-0.2, -0.15) is 4.98 Å². The normalized spacial score (nSPS) is 9.69. The molecule has 0 saturated carbocycles. The van der Waals surface area contributed by atoms with Gasteiger partial charge < -0.3 is 16.2 Å². The first kappa shape index (κ1) is 9.94. The monoisotopic (exact) mass is 218 g/mol. The van der Waals surface area contributed by atoms with Crippen molar-refractivity contribution in [3.63, 3.8) is 0 Å². The second kappa shape index (κ2) is 3.71. The van der Waals surface area contributed by atoms with Gasteiger partial charge in [0.05, 0.1) is 7.11 Å². The number of nitrogens with zero attached hydrogens (tertiary/aromatic N) is 2. The van der Waals surface area contributed by atoms with Gasteiger partial charge in [-0.25, -0.2) is 4.98 Å². The maximum Gasteiger partial charge on any atom is 0.242 e. The predicted molar refractivity (Wildman–Crippen MR) is 53.9 cm³/mol. The van der Waals surface area contributed by atoms with E-state index in [1.807, 2.05) is 0 Å². The maximum atomic E-state index is 5.59. The molecule has 7 heteroatoms. The zero-order valence-corrected chi connectivity index (χ0v) is 8.32. The van der Waals surface area contributed by atoms with Crippen molar-refractivity contribution < 1.29 is 4.74 Å². The summed E-state index contributed by atoms with van der Waals surface area (Å²) in [5.74, 6) is 0.169. The number of hydrogen-bond acceptors (Lipinski definition) is 5. The molecule has 0 aliphatic heterocycles. The molecular formula is C6H7ClN4OS. The van der Waals surface area contributed by atoms with Crippen molar-refractivity contribution in [3.05, 3.63) is 11.0 Å². The van der Waals surface area contributed by atoms with Gasteiger partial charge in [0.1, 0.15) is 16.4 Å². The third kappa shape index (κ3) is 1.96. The second-order valence-corrected chi connectivity index (χ2v) is 2.91. The fraction of sp³-hybridized carbons (Fsp3) is 0.167. The van der Waals surface area contributed by atoms with Crippen molar-refractivity contribution in [1.82, 2.24) is 9.97 Å². The molecule has 5 nitrogen and oxygen atoms in total. The molecule has 0 unspecified atom stereocenters. The zero-order chi connectivity index (χ0) is 10.0. The molecule has 0 bridgehead atoms. The number of ether oxygens (including phenoxy) is 1. The minimum Gasteiger partial charge on any atom is -0.479 e. The number of rotatable bonds is 2. The van der Waals surface area contributed by atoms with E-state index in [0.717, 1.165) is 0 Å². The molecule has 0 fully saturated rings. The lowest BCUT2D eigenvalue weighted by molar-refractivity contribution is 0.399. The smallest absolute Gasteiger partial charge is 0.242 e. The minimum absolute atomic E-state index is 0.00569. The molecule has 0 amide bonds. The minimum atomic E-state index is -0.00569. The first-order chi connectivity index (χ1) is 6.06. The zero-order valence-electron chi connectivity index (χ0n) is 6.74. The fourth-order valence-electron chi connectivity index (χ4n) is 0.766. The maximum absolute atomic E-state index is 5.59. The number of aromatic nitrogens is 2. The molecule has 13 heavy (non-hydrogen) atoms. The van der Waals surface area contributed by atoms with Crippen LogP contribution in [0, 0.1) is 0 Å². The number of nitrogens with two attached hydrogens (primary N) is 2. The highest BCUT2D eigenvalue weighted by molar-refractivity contribution is 7.80. The molecule has 70 valence electrons. The molecule has 1 aromatic rings. The Kier molecular flexibility index (Phi) is 2.84. The van der Waals surface area contributed by atoms with Gasteiger partial charge in [0.2, 0.25) is 11.2 Å². The van der Waals surface area contributed by atoms with Crippen LogP contribution in [0.5, 0.6) is 5.88 Å². The summed E-state index contributed by atoms with van der Waals surface area (Å²) in [6, 6.07) is 0. The SMILES string of the molecule is COc1nc(Cl)nc(C(N)=S)c1N. The first-order valence-electron chi connectivity index (χ1n) is 3.23. The lowest BCUT2D eigenvalue weighted by atomic mass is 10.3. The van der Waals surface area contributed by atoms with Gasteiger partial charge in [-0.1, -0.05) is 12.2 Å². The van der Waals surface area contributed by atoms with E-state index in [0.29, 0.717) is 0 Å². The third-order valence-corrected chi connectivity index (χ3v) is 1.67. The van der Waals surface area contributed by atoms with E-state index in [-0.39, 0.29) is 27.5 Å². The molecule has 1 rings (SSSR count). The highest BCUT2D eigenvalue weighted by Gasteiger charge is 2.12. The average Bonchev–Trinajstić information content (AvgIpc) is 2.08. The van der Waals surface area contributed by atoms with Crippen LogP contribution in [0.4, 0.5) is 5.69 Å².